The van der Waals surface area contributed by atoms with Crippen LogP contribution in [0.5, 0.6) is 0 Å². The third-order valence-corrected chi connectivity index (χ3v) is 3.62. The van der Waals surface area contributed by atoms with E-state index in [0.717, 1.165) is 5.56 Å². The van der Waals surface area contributed by atoms with Gasteiger partial charge in [-0.1, -0.05) is 29.8 Å². The number of nitrogens with zero attached hydrogens (tertiary/aromatic N) is 1. The van der Waals surface area contributed by atoms with Crippen LogP contribution in [0.4, 0.5) is 4.39 Å². The molecule has 0 fully saturated rings. The smallest absolute Gasteiger partial charge is 0.363 e. The van der Waals surface area contributed by atoms with Gasteiger partial charge < -0.3 is 4.74 Å². The molecule has 0 N–H and O–H groups in total. The molecule has 2 aromatic rings. The van der Waals surface area contributed by atoms with Gasteiger partial charge in [-0.25, -0.2) is 14.2 Å². The topological polar surface area (TPSA) is 38.7 Å². The minimum Gasteiger partial charge on any atom is -0.402 e. The second kappa shape index (κ2) is 5.73. The van der Waals surface area contributed by atoms with E-state index in [-0.39, 0.29) is 17.4 Å². The molecule has 5 heteroatoms. The van der Waals surface area contributed by atoms with Crippen molar-refractivity contribution >= 4 is 29.5 Å². The van der Waals surface area contributed by atoms with Crippen LogP contribution < -0.4 is 0 Å². The molecule has 2 aromatic carbocycles. The molecule has 3 nitrogen and oxygen atoms in total. The van der Waals surface area contributed by atoms with Crippen LogP contribution in [0, 0.1) is 12.7 Å². The number of carbonyl (C=O) groups excluding carboxylic acids is 1. The van der Waals surface area contributed by atoms with Crippen molar-refractivity contribution in [1.29, 1.82) is 0 Å². The van der Waals surface area contributed by atoms with Gasteiger partial charge in [-0.2, -0.15) is 0 Å². The Morgan fingerprint density at radius 1 is 1.18 bits per heavy atom. The first-order chi connectivity index (χ1) is 10.5. The summed E-state index contributed by atoms with van der Waals surface area (Å²) in [5.41, 5.74) is 2.39. The fraction of sp³-hybridized carbons (Fsp3) is 0.0588. The summed E-state index contributed by atoms with van der Waals surface area (Å²) in [4.78, 5) is 16.1. The maximum Gasteiger partial charge on any atom is 0.363 e. The van der Waals surface area contributed by atoms with Crippen LogP contribution in [0.25, 0.3) is 6.08 Å². The average Bonchev–Trinajstić information content (AvgIpc) is 2.85. The zero-order valence-corrected chi connectivity index (χ0v) is 12.4. The standard InChI is InChI=1S/C17H11ClFNO2/c1-10-2-5-12(9-14(10)18)16-20-15(17(21)22-16)8-11-3-6-13(19)7-4-11/h2-9H,1H3/b15-8-. The largest absolute Gasteiger partial charge is 0.402 e. The maximum absolute atomic E-state index is 12.9. The number of aryl methyl sites for hydroxylation is 1. The van der Waals surface area contributed by atoms with Crippen molar-refractivity contribution in [3.63, 3.8) is 0 Å². The molecule has 0 unspecified atom stereocenters. The summed E-state index contributed by atoms with van der Waals surface area (Å²) in [6, 6.07) is 11.1. The zero-order chi connectivity index (χ0) is 15.7. The van der Waals surface area contributed by atoms with Gasteiger partial charge in [0.2, 0.25) is 5.90 Å². The fourth-order valence-electron chi connectivity index (χ4n) is 1.98. The number of rotatable bonds is 2. The van der Waals surface area contributed by atoms with Crippen molar-refractivity contribution in [2.45, 2.75) is 6.92 Å². The Bertz CT molecular complexity index is 810. The van der Waals surface area contributed by atoms with Gasteiger partial charge in [-0.15, -0.1) is 0 Å². The number of hydrogen-bond donors (Lipinski definition) is 0. The Balaban J connectivity index is 1.94. The molecule has 0 aromatic heterocycles. The maximum atomic E-state index is 12.9. The molecule has 0 atom stereocenters. The second-order valence-corrected chi connectivity index (χ2v) is 5.26. The Morgan fingerprint density at radius 3 is 2.59 bits per heavy atom. The van der Waals surface area contributed by atoms with Crippen molar-refractivity contribution < 1.29 is 13.9 Å². The van der Waals surface area contributed by atoms with E-state index in [1.165, 1.54) is 12.1 Å². The fourth-order valence-corrected chi connectivity index (χ4v) is 2.16. The highest BCUT2D eigenvalue weighted by atomic mass is 35.5. The second-order valence-electron chi connectivity index (χ2n) is 4.85. The first-order valence-electron chi connectivity index (χ1n) is 6.57. The van der Waals surface area contributed by atoms with Gasteiger partial charge in [0.15, 0.2) is 5.70 Å². The van der Waals surface area contributed by atoms with Gasteiger partial charge in [0.25, 0.3) is 0 Å². The number of halogens is 2. The van der Waals surface area contributed by atoms with Gasteiger partial charge in [0, 0.05) is 10.6 Å². The number of benzene rings is 2. The molecular weight excluding hydrogens is 305 g/mol. The molecule has 0 spiro atoms. The number of esters is 1. The van der Waals surface area contributed by atoms with Crippen LogP contribution in [-0.2, 0) is 9.53 Å². The van der Waals surface area contributed by atoms with Crippen molar-refractivity contribution in [2.24, 2.45) is 4.99 Å². The first-order valence-corrected chi connectivity index (χ1v) is 6.95. The quantitative estimate of drug-likeness (QED) is 0.617. The molecule has 110 valence electrons. The highest BCUT2D eigenvalue weighted by molar-refractivity contribution is 6.31. The SMILES string of the molecule is Cc1ccc(C2=N/C(=C\c3ccc(F)cc3)C(=O)O2)cc1Cl. The van der Waals surface area contributed by atoms with E-state index in [1.807, 2.05) is 13.0 Å². The van der Waals surface area contributed by atoms with E-state index >= 15 is 0 Å². The Kier molecular flexibility index (Phi) is 3.77. The Hall–Kier alpha value is -2.46. The normalized spacial score (nSPS) is 15.9. The highest BCUT2D eigenvalue weighted by Crippen LogP contribution is 2.22. The molecule has 0 aliphatic carbocycles. The molecule has 0 amide bonds. The van der Waals surface area contributed by atoms with E-state index in [9.17, 15) is 9.18 Å². The minimum atomic E-state index is -0.545. The Labute approximate surface area is 131 Å². The predicted octanol–water partition coefficient (Wildman–Crippen LogP) is 4.13. The molecule has 1 aliphatic rings. The summed E-state index contributed by atoms with van der Waals surface area (Å²) in [5, 5.41) is 0.576. The lowest BCUT2D eigenvalue weighted by atomic mass is 10.1. The van der Waals surface area contributed by atoms with Gasteiger partial charge in [0.05, 0.1) is 0 Å². The van der Waals surface area contributed by atoms with Crippen LogP contribution >= 0.6 is 11.6 Å². The predicted molar refractivity (Wildman–Crippen MR) is 83.2 cm³/mol. The van der Waals surface area contributed by atoms with E-state index < -0.39 is 5.97 Å². The van der Waals surface area contributed by atoms with Gasteiger partial charge in [-0.3, -0.25) is 0 Å². The van der Waals surface area contributed by atoms with Crippen LogP contribution in [0.3, 0.4) is 0 Å². The van der Waals surface area contributed by atoms with Gasteiger partial charge in [0.1, 0.15) is 5.82 Å². The first kappa shape index (κ1) is 14.5. The van der Waals surface area contributed by atoms with Crippen LogP contribution in [0.1, 0.15) is 16.7 Å². The molecule has 1 aliphatic heterocycles. The summed E-state index contributed by atoms with van der Waals surface area (Å²) in [6.07, 6.45) is 1.55. The zero-order valence-electron chi connectivity index (χ0n) is 11.6. The molecule has 0 bridgehead atoms. The van der Waals surface area contributed by atoms with E-state index in [4.69, 9.17) is 16.3 Å². The van der Waals surface area contributed by atoms with E-state index in [2.05, 4.69) is 4.99 Å². The summed E-state index contributed by atoms with van der Waals surface area (Å²) in [6.45, 7) is 1.88. The third-order valence-electron chi connectivity index (χ3n) is 3.21. The summed E-state index contributed by atoms with van der Waals surface area (Å²) in [7, 11) is 0. The molecule has 0 saturated carbocycles. The third kappa shape index (κ3) is 2.92. The summed E-state index contributed by atoms with van der Waals surface area (Å²) >= 11 is 6.06. The van der Waals surface area contributed by atoms with Gasteiger partial charge >= 0.3 is 5.97 Å². The van der Waals surface area contributed by atoms with E-state index in [0.29, 0.717) is 16.1 Å². The van der Waals surface area contributed by atoms with Gasteiger partial charge in [-0.05, 0) is 48.4 Å². The van der Waals surface area contributed by atoms with Crippen LogP contribution in [-0.4, -0.2) is 11.9 Å². The monoisotopic (exact) mass is 315 g/mol. The van der Waals surface area contributed by atoms with Crippen molar-refractivity contribution in [1.82, 2.24) is 0 Å². The number of cyclic esters (lactones) is 1. The minimum absolute atomic E-state index is 0.165. The number of ether oxygens (including phenoxy) is 1. The molecule has 0 saturated heterocycles. The van der Waals surface area contributed by atoms with Crippen molar-refractivity contribution in [3.8, 4) is 0 Å². The highest BCUT2D eigenvalue weighted by Gasteiger charge is 2.24. The summed E-state index contributed by atoms with van der Waals surface area (Å²) < 4.78 is 18.0. The summed E-state index contributed by atoms with van der Waals surface area (Å²) in [5.74, 6) is -0.675. The number of carbonyl (C=O) groups is 1. The number of hydrogen-bond acceptors (Lipinski definition) is 3. The molecule has 3 rings (SSSR count). The van der Waals surface area contributed by atoms with Crippen molar-refractivity contribution in [2.75, 3.05) is 0 Å². The molecular formula is C17H11ClFNO2. The lowest BCUT2D eigenvalue weighted by molar-refractivity contribution is -0.129. The lowest BCUT2D eigenvalue weighted by Gasteiger charge is -2.02. The van der Waals surface area contributed by atoms with Crippen LogP contribution in [0.2, 0.25) is 5.02 Å². The molecule has 22 heavy (non-hydrogen) atoms. The average molecular weight is 316 g/mol. The number of aliphatic imine (C=N–C) groups is 1. The molecule has 0 radical (unpaired) electrons. The molecule has 1 heterocycles. The van der Waals surface area contributed by atoms with Crippen molar-refractivity contribution in [3.05, 3.63) is 75.7 Å². The van der Waals surface area contributed by atoms with Crippen LogP contribution in [0.15, 0.2) is 53.2 Å². The lowest BCUT2D eigenvalue weighted by Crippen LogP contribution is -2.05. The Morgan fingerprint density at radius 2 is 1.91 bits per heavy atom. The van der Waals surface area contributed by atoms with E-state index in [1.54, 1.807) is 30.3 Å².